The summed E-state index contributed by atoms with van der Waals surface area (Å²) < 4.78 is 24.9. The maximum absolute atomic E-state index is 11.2. The predicted octanol–water partition coefficient (Wildman–Crippen LogP) is 3.83. The van der Waals surface area contributed by atoms with Crippen molar-refractivity contribution in [3.63, 3.8) is 0 Å². The number of hydrogen-bond acceptors (Lipinski definition) is 3. The summed E-state index contributed by atoms with van der Waals surface area (Å²) in [4.78, 5) is 3.28. The monoisotopic (exact) mass is 464 g/mol. The highest BCUT2D eigenvalue weighted by molar-refractivity contribution is 7.88. The number of aromatic nitrogens is 1. The van der Waals surface area contributed by atoms with Crippen molar-refractivity contribution in [2.24, 2.45) is 0 Å². The molecular formula is C21H25ClN4O2S2. The number of fused-ring (bicyclic) bond motifs is 1. The van der Waals surface area contributed by atoms with Crippen LogP contribution in [0.1, 0.15) is 17.5 Å². The molecule has 0 atom stereocenters. The number of para-hydroxylation sites is 1. The molecular weight excluding hydrogens is 440 g/mol. The van der Waals surface area contributed by atoms with E-state index < -0.39 is 10.0 Å². The number of thiocarbonyl (C=S) groups is 1. The number of sulfonamides is 1. The van der Waals surface area contributed by atoms with E-state index in [-0.39, 0.29) is 0 Å². The molecule has 1 heterocycles. The lowest BCUT2D eigenvalue weighted by atomic mass is 10.1. The fourth-order valence-electron chi connectivity index (χ4n) is 3.24. The van der Waals surface area contributed by atoms with Gasteiger partial charge in [0.15, 0.2) is 5.11 Å². The molecule has 2 aromatic carbocycles. The van der Waals surface area contributed by atoms with Crippen LogP contribution < -0.4 is 15.4 Å². The first kappa shape index (κ1) is 22.6. The van der Waals surface area contributed by atoms with E-state index >= 15 is 0 Å². The number of benzene rings is 2. The normalized spacial score (nSPS) is 11.5. The minimum Gasteiger partial charge on any atom is -0.362 e. The van der Waals surface area contributed by atoms with Crippen LogP contribution in [0.15, 0.2) is 48.7 Å². The van der Waals surface area contributed by atoms with Crippen LogP contribution in [0.5, 0.6) is 0 Å². The van der Waals surface area contributed by atoms with Crippen molar-refractivity contribution < 1.29 is 8.42 Å². The Kier molecular flexibility index (Phi) is 7.71. The summed E-state index contributed by atoms with van der Waals surface area (Å²) in [5, 5.41) is 8.86. The molecule has 0 radical (unpaired) electrons. The molecule has 0 fully saturated rings. The van der Waals surface area contributed by atoms with Gasteiger partial charge in [0, 0.05) is 40.9 Å². The molecule has 0 aliphatic rings. The minimum absolute atomic E-state index is 0.373. The van der Waals surface area contributed by atoms with Crippen molar-refractivity contribution in [3.8, 4) is 0 Å². The number of H-pyrrole nitrogens is 1. The lowest BCUT2D eigenvalue weighted by Gasteiger charge is -2.15. The Morgan fingerprint density at radius 3 is 2.70 bits per heavy atom. The molecule has 6 nitrogen and oxygen atoms in total. The molecule has 0 amide bonds. The van der Waals surface area contributed by atoms with Gasteiger partial charge in [0.1, 0.15) is 0 Å². The van der Waals surface area contributed by atoms with E-state index in [2.05, 4.69) is 32.5 Å². The van der Waals surface area contributed by atoms with Crippen LogP contribution in [0.3, 0.4) is 0 Å². The molecule has 0 unspecified atom stereocenters. The Morgan fingerprint density at radius 2 is 1.90 bits per heavy atom. The summed E-state index contributed by atoms with van der Waals surface area (Å²) in [6.07, 6.45) is 5.35. The van der Waals surface area contributed by atoms with E-state index in [4.69, 9.17) is 23.8 Å². The Balaban J connectivity index is 1.52. The highest BCUT2D eigenvalue weighted by Crippen LogP contribution is 2.22. The van der Waals surface area contributed by atoms with Crippen molar-refractivity contribution in [1.29, 1.82) is 0 Å². The number of aryl methyl sites for hydroxylation is 1. The third-order valence-corrected chi connectivity index (χ3v) is 5.87. The summed E-state index contributed by atoms with van der Waals surface area (Å²) in [7, 11) is -3.18. The van der Waals surface area contributed by atoms with E-state index in [1.165, 1.54) is 10.9 Å². The van der Waals surface area contributed by atoms with Crippen molar-refractivity contribution in [1.82, 2.24) is 15.0 Å². The Bertz CT molecular complexity index is 1130. The molecule has 0 aliphatic carbocycles. The van der Waals surface area contributed by atoms with Gasteiger partial charge in [0.25, 0.3) is 0 Å². The molecule has 9 heteroatoms. The van der Waals surface area contributed by atoms with Gasteiger partial charge in [-0.2, -0.15) is 0 Å². The Labute approximate surface area is 187 Å². The molecule has 0 saturated carbocycles. The fraction of sp³-hybridized carbons (Fsp3) is 0.286. The van der Waals surface area contributed by atoms with Gasteiger partial charge in [-0.1, -0.05) is 29.8 Å². The van der Waals surface area contributed by atoms with Crippen LogP contribution in [-0.2, 0) is 22.9 Å². The largest absolute Gasteiger partial charge is 0.362 e. The topological polar surface area (TPSA) is 86.0 Å². The van der Waals surface area contributed by atoms with Crippen LogP contribution in [0.4, 0.5) is 5.69 Å². The van der Waals surface area contributed by atoms with E-state index in [1.807, 2.05) is 30.5 Å². The Hall–Kier alpha value is -2.13. The number of halogens is 1. The van der Waals surface area contributed by atoms with Gasteiger partial charge in [-0.3, -0.25) is 0 Å². The zero-order valence-electron chi connectivity index (χ0n) is 16.7. The van der Waals surface area contributed by atoms with Crippen LogP contribution in [0.2, 0.25) is 5.02 Å². The van der Waals surface area contributed by atoms with E-state index in [0.717, 1.165) is 29.4 Å². The third-order valence-electron chi connectivity index (χ3n) is 4.66. The van der Waals surface area contributed by atoms with Crippen molar-refractivity contribution in [3.05, 3.63) is 64.8 Å². The summed E-state index contributed by atoms with van der Waals surface area (Å²) in [5.74, 6) is 0. The number of rotatable bonds is 9. The molecule has 0 saturated heterocycles. The van der Waals surface area contributed by atoms with Crippen LogP contribution >= 0.6 is 23.8 Å². The van der Waals surface area contributed by atoms with Crippen LogP contribution in [0.25, 0.3) is 10.9 Å². The summed E-state index contributed by atoms with van der Waals surface area (Å²) in [6, 6.07) is 13.8. The van der Waals surface area contributed by atoms with E-state index in [1.54, 1.807) is 6.07 Å². The first-order valence-corrected chi connectivity index (χ1v) is 12.3. The number of hydrogen-bond donors (Lipinski definition) is 4. The number of aromatic amines is 1. The van der Waals surface area contributed by atoms with Gasteiger partial charge in [-0.05, 0) is 66.9 Å². The van der Waals surface area contributed by atoms with Gasteiger partial charge in [0.2, 0.25) is 10.0 Å². The summed E-state index contributed by atoms with van der Waals surface area (Å²) in [5.41, 5.74) is 4.22. The van der Waals surface area contributed by atoms with Crippen LogP contribution in [0, 0.1) is 0 Å². The van der Waals surface area contributed by atoms with E-state index in [0.29, 0.717) is 36.1 Å². The second kappa shape index (κ2) is 10.3. The van der Waals surface area contributed by atoms with E-state index in [9.17, 15) is 8.42 Å². The first-order chi connectivity index (χ1) is 14.3. The molecule has 1 aromatic heterocycles. The minimum atomic E-state index is -3.18. The average Bonchev–Trinajstić information content (AvgIpc) is 3.10. The lowest BCUT2D eigenvalue weighted by Crippen LogP contribution is -2.30. The van der Waals surface area contributed by atoms with Gasteiger partial charge in [0.05, 0.1) is 6.26 Å². The summed E-state index contributed by atoms with van der Waals surface area (Å²) in [6.45, 7) is 1.08. The first-order valence-electron chi connectivity index (χ1n) is 9.65. The molecule has 3 rings (SSSR count). The maximum atomic E-state index is 11.2. The SMILES string of the molecule is CS(=O)(=O)NCCCc1cc(Cl)ccc1NC(=S)NCCc1c[nH]c2ccccc12. The average molecular weight is 465 g/mol. The van der Waals surface area contributed by atoms with Gasteiger partial charge >= 0.3 is 0 Å². The third kappa shape index (κ3) is 6.70. The highest BCUT2D eigenvalue weighted by atomic mass is 35.5. The molecule has 0 spiro atoms. The number of nitrogens with one attached hydrogen (secondary N) is 4. The van der Waals surface area contributed by atoms with Crippen molar-refractivity contribution >= 4 is 55.5 Å². The smallest absolute Gasteiger partial charge is 0.208 e. The zero-order chi connectivity index (χ0) is 21.6. The summed E-state index contributed by atoms with van der Waals surface area (Å²) >= 11 is 11.6. The van der Waals surface area contributed by atoms with Gasteiger partial charge < -0.3 is 15.6 Å². The van der Waals surface area contributed by atoms with Crippen molar-refractivity contribution in [2.75, 3.05) is 24.7 Å². The second-order valence-electron chi connectivity index (χ2n) is 7.06. The standard InChI is InChI=1S/C21H25ClN4O2S2/c1-30(27,28)25-11-4-5-15-13-17(22)8-9-19(15)26-21(29)23-12-10-16-14-24-20-7-3-2-6-18(16)20/h2-3,6-9,13-14,24-25H,4-5,10-12H2,1H3,(H2,23,26,29). The Morgan fingerprint density at radius 1 is 1.10 bits per heavy atom. The van der Waals surface area contributed by atoms with Gasteiger partial charge in [-0.25, -0.2) is 13.1 Å². The quantitative estimate of drug-likeness (QED) is 0.285. The predicted molar refractivity (Wildman–Crippen MR) is 129 cm³/mol. The van der Waals surface area contributed by atoms with Crippen molar-refractivity contribution in [2.45, 2.75) is 19.3 Å². The fourth-order valence-corrected chi connectivity index (χ4v) is 4.16. The lowest BCUT2D eigenvalue weighted by molar-refractivity contribution is 0.585. The highest BCUT2D eigenvalue weighted by Gasteiger charge is 2.08. The number of anilines is 1. The molecule has 0 bridgehead atoms. The molecule has 160 valence electrons. The second-order valence-corrected chi connectivity index (χ2v) is 9.74. The molecule has 0 aliphatic heterocycles. The van der Waals surface area contributed by atoms with Gasteiger partial charge in [-0.15, -0.1) is 0 Å². The maximum Gasteiger partial charge on any atom is 0.208 e. The molecule has 4 N–H and O–H groups in total. The zero-order valence-corrected chi connectivity index (χ0v) is 19.1. The van der Waals surface area contributed by atoms with Crippen LogP contribution in [-0.4, -0.2) is 37.9 Å². The molecule has 3 aromatic rings. The molecule has 30 heavy (non-hydrogen) atoms.